The van der Waals surface area contributed by atoms with Crippen molar-refractivity contribution in [3.63, 3.8) is 0 Å². The Kier molecular flexibility index (Phi) is 9.20. The van der Waals surface area contributed by atoms with Crippen LogP contribution in [0.15, 0.2) is 47.7 Å². The number of aromatic amines is 1. The highest BCUT2D eigenvalue weighted by Gasteiger charge is 2.29. The van der Waals surface area contributed by atoms with Crippen molar-refractivity contribution in [2.45, 2.75) is 44.2 Å². The molecule has 1 atom stereocenters. The molecule has 2 saturated heterocycles. The second-order valence-electron chi connectivity index (χ2n) is 11.7. The fraction of sp³-hybridized carbons (Fsp3) is 0.394. The van der Waals surface area contributed by atoms with Gasteiger partial charge < -0.3 is 29.0 Å². The third-order valence-electron chi connectivity index (χ3n) is 8.81. The van der Waals surface area contributed by atoms with E-state index in [-0.39, 0.29) is 36.3 Å². The number of carbonyl (C=O) groups is 3. The number of methoxy groups -OCH3 is 2. The second kappa shape index (κ2) is 13.6. The predicted octanol–water partition coefficient (Wildman–Crippen LogP) is 2.02. The molecule has 246 valence electrons. The van der Waals surface area contributed by atoms with E-state index in [2.05, 4.69) is 25.8 Å². The minimum absolute atomic E-state index is 0.0108. The van der Waals surface area contributed by atoms with Crippen LogP contribution in [0.4, 0.5) is 0 Å². The first-order chi connectivity index (χ1) is 22.7. The Morgan fingerprint density at radius 2 is 1.79 bits per heavy atom. The highest BCUT2D eigenvalue weighted by molar-refractivity contribution is 6.00. The third-order valence-corrected chi connectivity index (χ3v) is 8.81. The summed E-state index contributed by atoms with van der Waals surface area (Å²) < 4.78 is 18.7. The molecule has 3 aromatic heterocycles. The van der Waals surface area contributed by atoms with Crippen molar-refractivity contribution in [2.24, 2.45) is 7.05 Å². The van der Waals surface area contributed by atoms with Crippen LogP contribution in [0.2, 0.25) is 0 Å². The van der Waals surface area contributed by atoms with Gasteiger partial charge in [-0.3, -0.25) is 29.6 Å². The van der Waals surface area contributed by atoms with Crippen molar-refractivity contribution in [1.82, 2.24) is 35.3 Å². The molecule has 0 radical (unpaired) electrons. The Hall–Kier alpha value is -5.24. The first-order valence-corrected chi connectivity index (χ1v) is 15.5. The number of nitrogens with one attached hydrogen (secondary N) is 3. The molecule has 6 rings (SSSR count). The van der Waals surface area contributed by atoms with E-state index < -0.39 is 12.0 Å². The van der Waals surface area contributed by atoms with Crippen LogP contribution in [0, 0.1) is 0 Å². The molecule has 3 amide bonds. The molecular formula is C33H37N7O7. The zero-order chi connectivity index (χ0) is 33.1. The van der Waals surface area contributed by atoms with Crippen LogP contribution >= 0.6 is 0 Å². The number of rotatable bonds is 10. The normalized spacial score (nSPS) is 17.1. The summed E-state index contributed by atoms with van der Waals surface area (Å²) in [5.41, 5.74) is 3.69. The Morgan fingerprint density at radius 1 is 1.04 bits per heavy atom. The van der Waals surface area contributed by atoms with E-state index in [0.29, 0.717) is 54.3 Å². The molecule has 2 fully saturated rings. The standard InChI is InChI=1S/C33H37N7O7/c1-39-18-24(22-16-36-38-31(22)33(39)44)21-12-26(45-2)23(27(13-21)46-3)15-34-17-30(42)40-10-8-19(9-11-40)20-4-7-29(35-14-20)47-25-5-6-28(41)37-32(25)43/h4,7,12-14,16,18-19,25,34H,5-6,8-11,15,17H2,1-3H3,(H,36,38)(H,37,41,43). The predicted molar refractivity (Wildman–Crippen MR) is 171 cm³/mol. The topological polar surface area (TPSA) is 170 Å². The number of aryl methyl sites for hydroxylation is 1. The van der Waals surface area contributed by atoms with Gasteiger partial charge in [0.1, 0.15) is 17.0 Å². The van der Waals surface area contributed by atoms with Gasteiger partial charge in [-0.15, -0.1) is 0 Å². The summed E-state index contributed by atoms with van der Waals surface area (Å²) >= 11 is 0. The van der Waals surface area contributed by atoms with E-state index in [1.165, 1.54) is 4.57 Å². The number of H-pyrrole nitrogens is 1. The lowest BCUT2D eigenvalue weighted by Gasteiger charge is -2.32. The number of amides is 3. The molecule has 5 heterocycles. The highest BCUT2D eigenvalue weighted by Crippen LogP contribution is 2.37. The molecule has 14 heteroatoms. The fourth-order valence-corrected chi connectivity index (χ4v) is 6.20. The Labute approximate surface area is 270 Å². The van der Waals surface area contributed by atoms with Crippen molar-refractivity contribution in [1.29, 1.82) is 0 Å². The van der Waals surface area contributed by atoms with Gasteiger partial charge in [-0.05, 0) is 42.0 Å². The summed E-state index contributed by atoms with van der Waals surface area (Å²) in [6.07, 6.45) is 6.60. The number of aromatic nitrogens is 4. The van der Waals surface area contributed by atoms with E-state index in [1.807, 2.05) is 23.1 Å². The smallest absolute Gasteiger partial charge is 0.276 e. The molecule has 1 aromatic carbocycles. The molecular weight excluding hydrogens is 606 g/mol. The fourth-order valence-electron chi connectivity index (χ4n) is 6.20. The van der Waals surface area contributed by atoms with Crippen LogP contribution in [0.3, 0.4) is 0 Å². The molecule has 47 heavy (non-hydrogen) atoms. The van der Waals surface area contributed by atoms with Gasteiger partial charge in [0, 0.05) is 74.5 Å². The van der Waals surface area contributed by atoms with E-state index in [0.717, 1.165) is 35.1 Å². The van der Waals surface area contributed by atoms with Crippen molar-refractivity contribution in [3.05, 3.63) is 64.3 Å². The number of ether oxygens (including phenoxy) is 3. The van der Waals surface area contributed by atoms with Gasteiger partial charge in [0.15, 0.2) is 6.10 Å². The average Bonchev–Trinajstić information content (AvgIpc) is 3.58. The van der Waals surface area contributed by atoms with E-state index in [9.17, 15) is 19.2 Å². The number of carbonyl (C=O) groups excluding carboxylic acids is 3. The number of hydrogen-bond acceptors (Lipinski definition) is 10. The number of fused-ring (bicyclic) bond motifs is 1. The number of nitrogens with zero attached hydrogens (tertiary/aromatic N) is 4. The van der Waals surface area contributed by atoms with Crippen LogP contribution in [0.5, 0.6) is 17.4 Å². The SMILES string of the molecule is COc1cc(-c2cn(C)c(=O)c3[nH]ncc23)cc(OC)c1CNCC(=O)N1CCC(c2ccc(OC3CCC(=O)NC3=O)nc2)CC1. The Bertz CT molecular complexity index is 1830. The number of piperidine rings is 2. The maximum atomic E-state index is 13.1. The van der Waals surface area contributed by atoms with Gasteiger partial charge >= 0.3 is 0 Å². The first kappa shape index (κ1) is 31.7. The lowest BCUT2D eigenvalue weighted by molar-refractivity contribution is -0.139. The second-order valence-corrected chi connectivity index (χ2v) is 11.7. The van der Waals surface area contributed by atoms with E-state index >= 15 is 0 Å². The molecule has 2 aliphatic rings. The molecule has 1 unspecified atom stereocenters. The van der Waals surface area contributed by atoms with Crippen molar-refractivity contribution < 1.29 is 28.6 Å². The molecule has 14 nitrogen and oxygen atoms in total. The monoisotopic (exact) mass is 643 g/mol. The summed E-state index contributed by atoms with van der Waals surface area (Å²) in [6, 6.07) is 7.47. The maximum absolute atomic E-state index is 13.1. The summed E-state index contributed by atoms with van der Waals surface area (Å²) in [5, 5.41) is 13.1. The number of likely N-dealkylation sites (tertiary alicyclic amines) is 1. The van der Waals surface area contributed by atoms with Gasteiger partial charge in [-0.25, -0.2) is 4.98 Å². The van der Waals surface area contributed by atoms with Gasteiger partial charge in [0.25, 0.3) is 11.5 Å². The number of benzene rings is 1. The van der Waals surface area contributed by atoms with Gasteiger partial charge in [0.05, 0.1) is 27.0 Å². The molecule has 3 N–H and O–H groups in total. The zero-order valence-corrected chi connectivity index (χ0v) is 26.5. The Balaban J connectivity index is 1.03. The van der Waals surface area contributed by atoms with E-state index in [1.54, 1.807) is 45.9 Å². The van der Waals surface area contributed by atoms with E-state index in [4.69, 9.17) is 14.2 Å². The van der Waals surface area contributed by atoms with Crippen molar-refractivity contribution in [3.8, 4) is 28.5 Å². The zero-order valence-electron chi connectivity index (χ0n) is 26.5. The average molecular weight is 644 g/mol. The summed E-state index contributed by atoms with van der Waals surface area (Å²) in [5.74, 6) is 1.06. The summed E-state index contributed by atoms with van der Waals surface area (Å²) in [7, 11) is 4.86. The minimum atomic E-state index is -0.726. The van der Waals surface area contributed by atoms with Crippen LogP contribution < -0.4 is 30.4 Å². The minimum Gasteiger partial charge on any atom is -0.496 e. The largest absolute Gasteiger partial charge is 0.496 e. The summed E-state index contributed by atoms with van der Waals surface area (Å²) in [6.45, 7) is 1.76. The van der Waals surface area contributed by atoms with Crippen LogP contribution in [-0.2, 0) is 28.0 Å². The summed E-state index contributed by atoms with van der Waals surface area (Å²) in [4.78, 5) is 55.2. The maximum Gasteiger partial charge on any atom is 0.276 e. The molecule has 0 aliphatic carbocycles. The number of pyridine rings is 2. The van der Waals surface area contributed by atoms with Crippen LogP contribution in [0.25, 0.3) is 22.0 Å². The quantitative estimate of drug-likeness (QED) is 0.217. The highest BCUT2D eigenvalue weighted by atomic mass is 16.5. The lowest BCUT2D eigenvalue weighted by atomic mass is 9.90. The van der Waals surface area contributed by atoms with Crippen LogP contribution in [0.1, 0.15) is 42.7 Å². The third kappa shape index (κ3) is 6.68. The van der Waals surface area contributed by atoms with Crippen molar-refractivity contribution in [2.75, 3.05) is 33.9 Å². The number of hydrogen-bond donors (Lipinski definition) is 3. The molecule has 0 bridgehead atoms. The Morgan fingerprint density at radius 3 is 2.45 bits per heavy atom. The van der Waals surface area contributed by atoms with Crippen LogP contribution in [-0.4, -0.2) is 82.3 Å². The molecule has 0 saturated carbocycles. The molecule has 2 aliphatic heterocycles. The number of imide groups is 1. The lowest BCUT2D eigenvalue weighted by Crippen LogP contribution is -2.46. The molecule has 4 aromatic rings. The van der Waals surface area contributed by atoms with Gasteiger partial charge in [-0.1, -0.05) is 6.07 Å². The van der Waals surface area contributed by atoms with Gasteiger partial charge in [0.2, 0.25) is 17.7 Å². The first-order valence-electron chi connectivity index (χ1n) is 15.5. The van der Waals surface area contributed by atoms with Gasteiger partial charge in [-0.2, -0.15) is 5.10 Å². The molecule has 0 spiro atoms. The van der Waals surface area contributed by atoms with Crippen molar-refractivity contribution >= 4 is 28.6 Å².